The van der Waals surface area contributed by atoms with Crippen LogP contribution < -0.4 is 0 Å². The predicted octanol–water partition coefficient (Wildman–Crippen LogP) is 12.7. The summed E-state index contributed by atoms with van der Waals surface area (Å²) in [6.45, 7) is 0. The van der Waals surface area contributed by atoms with Gasteiger partial charge in [-0.3, -0.25) is 4.98 Å². The Hall–Kier alpha value is -6.42. The molecule has 0 atom stereocenters. The highest BCUT2D eigenvalue weighted by atomic mass is 32.1. The van der Waals surface area contributed by atoms with Crippen molar-refractivity contribution in [3.8, 4) is 66.2 Å². The molecule has 0 N–H and O–H groups in total. The first-order valence-electron chi connectivity index (χ1n) is 17.7. The molecule has 7 aromatic carbocycles. The molecule has 0 radical (unpaired) electrons. The van der Waals surface area contributed by atoms with Gasteiger partial charge in [0.1, 0.15) is 5.01 Å². The number of benzene rings is 7. The number of aromatic nitrogens is 2. The van der Waals surface area contributed by atoms with E-state index in [0.29, 0.717) is 0 Å². The molecular weight excluding hydrogens is 649 g/mol. The van der Waals surface area contributed by atoms with Crippen molar-refractivity contribution in [2.45, 2.75) is 5.41 Å². The fourth-order valence-electron chi connectivity index (χ4n) is 8.70. The third kappa shape index (κ3) is 4.24. The molecule has 9 aromatic rings. The molecule has 0 saturated heterocycles. The van der Waals surface area contributed by atoms with E-state index in [9.17, 15) is 0 Å². The van der Waals surface area contributed by atoms with Crippen LogP contribution in [0.15, 0.2) is 182 Å². The molecule has 2 aliphatic carbocycles. The van der Waals surface area contributed by atoms with Gasteiger partial charge in [0.05, 0.1) is 15.6 Å². The Labute approximate surface area is 306 Å². The van der Waals surface area contributed by atoms with Crippen LogP contribution in [0.4, 0.5) is 0 Å². The maximum absolute atomic E-state index is 5.07. The fourth-order valence-corrected chi connectivity index (χ4v) is 9.71. The second kappa shape index (κ2) is 11.3. The lowest BCUT2D eigenvalue weighted by Crippen LogP contribution is -2.25. The summed E-state index contributed by atoms with van der Waals surface area (Å²) >= 11 is 1.76. The van der Waals surface area contributed by atoms with Crippen molar-refractivity contribution in [2.24, 2.45) is 0 Å². The smallest absolute Gasteiger partial charge is 0.124 e. The van der Waals surface area contributed by atoms with Crippen LogP contribution in [0.2, 0.25) is 0 Å². The fraction of sp³-hybridized carbons (Fsp3) is 0.0204. The van der Waals surface area contributed by atoms with Crippen molar-refractivity contribution < 1.29 is 0 Å². The molecule has 0 saturated carbocycles. The zero-order valence-electron chi connectivity index (χ0n) is 28.1. The standard InChI is InChI=1S/C49H30N2S/c1-4-12-42-38(9-1)39-10-2-5-13-43(39)49(42)44-14-6-3-11-40(44)41-25-23-35(28-45(41)49)36-24-26-46-47(29-36)52-48(51-46)34-21-19-32(20-22-34)31-15-17-33(18-16-31)37-8-7-27-50-30-37/h1-30H. The topological polar surface area (TPSA) is 25.8 Å². The Morgan fingerprint density at radius 3 is 1.48 bits per heavy atom. The molecule has 11 rings (SSSR count). The van der Waals surface area contributed by atoms with Gasteiger partial charge in [0.2, 0.25) is 0 Å². The maximum Gasteiger partial charge on any atom is 0.124 e. The maximum atomic E-state index is 5.07. The van der Waals surface area contributed by atoms with Gasteiger partial charge >= 0.3 is 0 Å². The van der Waals surface area contributed by atoms with Crippen LogP contribution in [-0.4, -0.2) is 9.97 Å². The Kier molecular flexibility index (Phi) is 6.37. The SMILES string of the molecule is c1cncc(-c2ccc(-c3ccc(-c4nc5ccc(-c6ccc7c(c6)C6(c8ccccc8-c8ccccc86)c6ccccc6-7)cc5s4)cc3)cc2)c1. The highest BCUT2D eigenvalue weighted by molar-refractivity contribution is 7.21. The molecule has 2 nitrogen and oxygen atoms in total. The molecule has 1 spiro atoms. The first-order chi connectivity index (χ1) is 25.8. The van der Waals surface area contributed by atoms with Crippen molar-refractivity contribution in [1.82, 2.24) is 9.97 Å². The zero-order chi connectivity index (χ0) is 34.2. The van der Waals surface area contributed by atoms with E-state index in [0.717, 1.165) is 21.7 Å². The Morgan fingerprint density at radius 2 is 0.885 bits per heavy atom. The lowest BCUT2D eigenvalue weighted by Gasteiger charge is -2.30. The van der Waals surface area contributed by atoms with Crippen LogP contribution in [0.1, 0.15) is 22.3 Å². The van der Waals surface area contributed by atoms with Crippen LogP contribution in [-0.2, 0) is 5.41 Å². The normalized spacial score (nSPS) is 13.2. The van der Waals surface area contributed by atoms with Crippen molar-refractivity contribution in [3.63, 3.8) is 0 Å². The molecule has 2 aromatic heterocycles. The summed E-state index contributed by atoms with van der Waals surface area (Å²) in [6, 6.07) is 62.4. The molecule has 242 valence electrons. The average molecular weight is 679 g/mol. The minimum atomic E-state index is -0.343. The van der Waals surface area contributed by atoms with Crippen LogP contribution in [0, 0.1) is 0 Å². The second-order valence-electron chi connectivity index (χ2n) is 13.7. The highest BCUT2D eigenvalue weighted by Crippen LogP contribution is 2.63. The average Bonchev–Trinajstić information content (AvgIpc) is 3.88. The lowest BCUT2D eigenvalue weighted by molar-refractivity contribution is 0.794. The Bertz CT molecular complexity index is 2770. The van der Waals surface area contributed by atoms with Gasteiger partial charge in [-0.25, -0.2) is 4.98 Å². The number of fused-ring (bicyclic) bond motifs is 11. The number of nitrogens with zero attached hydrogens (tertiary/aromatic N) is 2. The van der Waals surface area contributed by atoms with Crippen molar-refractivity contribution in [2.75, 3.05) is 0 Å². The lowest BCUT2D eigenvalue weighted by atomic mass is 9.70. The molecule has 0 amide bonds. The molecule has 2 heterocycles. The zero-order valence-corrected chi connectivity index (χ0v) is 28.9. The first kappa shape index (κ1) is 29.3. The van der Waals surface area contributed by atoms with Gasteiger partial charge in [0.25, 0.3) is 0 Å². The largest absolute Gasteiger partial charge is 0.264 e. The monoisotopic (exact) mass is 678 g/mol. The molecule has 0 aliphatic heterocycles. The molecule has 0 unspecified atom stereocenters. The van der Waals surface area contributed by atoms with E-state index in [-0.39, 0.29) is 5.41 Å². The van der Waals surface area contributed by atoms with Crippen molar-refractivity contribution in [1.29, 1.82) is 0 Å². The number of hydrogen-bond acceptors (Lipinski definition) is 3. The van der Waals surface area contributed by atoms with E-state index >= 15 is 0 Å². The van der Waals surface area contributed by atoms with Crippen molar-refractivity contribution in [3.05, 3.63) is 205 Å². The van der Waals surface area contributed by atoms with Gasteiger partial charge in [-0.1, -0.05) is 146 Å². The minimum absolute atomic E-state index is 0.343. The molecule has 0 fully saturated rings. The minimum Gasteiger partial charge on any atom is -0.264 e. The summed E-state index contributed by atoms with van der Waals surface area (Å²) in [5.74, 6) is 0. The summed E-state index contributed by atoms with van der Waals surface area (Å²) < 4.78 is 1.19. The third-order valence-electron chi connectivity index (χ3n) is 11.1. The summed E-state index contributed by atoms with van der Waals surface area (Å²) in [5.41, 5.74) is 19.7. The quantitative estimate of drug-likeness (QED) is 0.185. The van der Waals surface area contributed by atoms with Gasteiger partial charge < -0.3 is 0 Å². The van der Waals surface area contributed by atoms with Gasteiger partial charge in [0.15, 0.2) is 0 Å². The van der Waals surface area contributed by atoms with Gasteiger partial charge in [-0.05, 0) is 102 Å². The number of hydrogen-bond donors (Lipinski definition) is 0. The van der Waals surface area contributed by atoms with E-state index in [1.807, 2.05) is 12.3 Å². The van der Waals surface area contributed by atoms with E-state index in [2.05, 4.69) is 169 Å². The van der Waals surface area contributed by atoms with Crippen LogP contribution in [0.25, 0.3) is 76.4 Å². The van der Waals surface area contributed by atoms with E-state index in [4.69, 9.17) is 4.98 Å². The van der Waals surface area contributed by atoms with Crippen molar-refractivity contribution >= 4 is 21.6 Å². The van der Waals surface area contributed by atoms with E-state index in [1.165, 1.54) is 77.0 Å². The van der Waals surface area contributed by atoms with Gasteiger partial charge in [-0.15, -0.1) is 11.3 Å². The van der Waals surface area contributed by atoms with Gasteiger partial charge in [-0.2, -0.15) is 0 Å². The summed E-state index contributed by atoms with van der Waals surface area (Å²) in [4.78, 5) is 9.33. The van der Waals surface area contributed by atoms with E-state index in [1.54, 1.807) is 17.5 Å². The van der Waals surface area contributed by atoms with Crippen LogP contribution in [0.5, 0.6) is 0 Å². The molecule has 52 heavy (non-hydrogen) atoms. The molecule has 3 heteroatoms. The predicted molar refractivity (Wildman–Crippen MR) is 215 cm³/mol. The number of rotatable bonds is 4. The number of pyridine rings is 1. The van der Waals surface area contributed by atoms with E-state index < -0.39 is 0 Å². The van der Waals surface area contributed by atoms with Crippen LogP contribution >= 0.6 is 11.3 Å². The highest BCUT2D eigenvalue weighted by Gasteiger charge is 2.51. The Balaban J connectivity index is 0.957. The summed E-state index contributed by atoms with van der Waals surface area (Å²) in [5, 5.41) is 1.04. The Morgan fingerprint density at radius 1 is 0.385 bits per heavy atom. The molecule has 0 bridgehead atoms. The first-order valence-corrected chi connectivity index (χ1v) is 18.5. The second-order valence-corrected chi connectivity index (χ2v) is 14.8. The third-order valence-corrected chi connectivity index (χ3v) is 12.1. The molecule has 2 aliphatic rings. The number of thiazole rings is 1. The summed E-state index contributed by atoms with van der Waals surface area (Å²) in [6.07, 6.45) is 3.71. The summed E-state index contributed by atoms with van der Waals surface area (Å²) in [7, 11) is 0. The molecular formula is C49H30N2S. The van der Waals surface area contributed by atoms with Crippen LogP contribution in [0.3, 0.4) is 0 Å². The van der Waals surface area contributed by atoms with Gasteiger partial charge in [0, 0.05) is 18.0 Å².